The van der Waals surface area contributed by atoms with Gasteiger partial charge >= 0.3 is 0 Å². The number of aromatic nitrogens is 1. The van der Waals surface area contributed by atoms with Crippen molar-refractivity contribution in [3.05, 3.63) is 40.9 Å². The Hall–Kier alpha value is -2.01. The molecule has 1 N–H and O–H groups in total. The number of carbonyl (C=O) groups is 1. The average Bonchev–Trinajstić information content (AvgIpc) is 3.38. The van der Waals surface area contributed by atoms with E-state index in [-0.39, 0.29) is 23.5 Å². The molecule has 1 unspecified atom stereocenters. The lowest BCUT2D eigenvalue weighted by molar-refractivity contribution is 0.0766. The molecule has 31 heavy (non-hydrogen) atoms. The molecule has 0 spiro atoms. The van der Waals surface area contributed by atoms with Gasteiger partial charge in [0.2, 0.25) is 10.0 Å². The summed E-state index contributed by atoms with van der Waals surface area (Å²) in [6, 6.07) is 6.28. The highest BCUT2D eigenvalue weighted by Gasteiger charge is 2.24. The number of benzene rings is 1. The largest absolute Gasteiger partial charge is 0.377 e. The molecule has 2 aromatic rings. The number of amides is 1. The van der Waals surface area contributed by atoms with E-state index >= 15 is 0 Å². The van der Waals surface area contributed by atoms with Crippen molar-refractivity contribution in [2.75, 3.05) is 44.2 Å². The van der Waals surface area contributed by atoms with Crippen LogP contribution in [0.1, 0.15) is 35.3 Å². The van der Waals surface area contributed by atoms with E-state index in [0.717, 1.165) is 36.6 Å². The second-order valence-corrected chi connectivity index (χ2v) is 10.5. The van der Waals surface area contributed by atoms with Gasteiger partial charge in [-0.1, -0.05) is 6.07 Å². The minimum atomic E-state index is -3.70. The minimum absolute atomic E-state index is 0.0822. The van der Waals surface area contributed by atoms with E-state index in [1.165, 1.54) is 12.1 Å². The third-order valence-electron chi connectivity index (χ3n) is 5.58. The van der Waals surface area contributed by atoms with Crippen LogP contribution in [0.2, 0.25) is 0 Å². The normalized spacial score (nSPS) is 20.1. The Balaban J connectivity index is 1.41. The number of ether oxygens (including phenoxy) is 1. The smallest absolute Gasteiger partial charge is 0.253 e. The van der Waals surface area contributed by atoms with E-state index in [9.17, 15) is 13.2 Å². The topological polar surface area (TPSA) is 91.8 Å². The van der Waals surface area contributed by atoms with E-state index in [4.69, 9.17) is 4.74 Å². The molecule has 1 aromatic carbocycles. The van der Waals surface area contributed by atoms with Crippen molar-refractivity contribution in [2.45, 2.75) is 37.2 Å². The fourth-order valence-electron chi connectivity index (χ4n) is 3.87. The molecule has 1 aromatic heterocycles. The van der Waals surface area contributed by atoms with Crippen LogP contribution in [0.3, 0.4) is 0 Å². The number of hydrogen-bond donors (Lipinski definition) is 1. The first-order valence-corrected chi connectivity index (χ1v) is 13.0. The third-order valence-corrected chi connectivity index (χ3v) is 8.02. The maximum atomic E-state index is 13.1. The molecular weight excluding hydrogens is 436 g/mol. The van der Waals surface area contributed by atoms with Crippen LogP contribution < -0.4 is 9.62 Å². The molecule has 0 radical (unpaired) electrons. The highest BCUT2D eigenvalue weighted by molar-refractivity contribution is 7.89. The zero-order valence-corrected chi connectivity index (χ0v) is 19.3. The predicted octanol–water partition coefficient (Wildman–Crippen LogP) is 2.26. The molecule has 1 amide bonds. The van der Waals surface area contributed by atoms with Crippen LogP contribution in [-0.2, 0) is 14.8 Å². The van der Waals surface area contributed by atoms with E-state index < -0.39 is 10.0 Å². The fraction of sp³-hybridized carbons (Fsp3) is 0.524. The molecular formula is C21H28N4O4S2. The molecule has 3 heterocycles. The van der Waals surface area contributed by atoms with Gasteiger partial charge in [0, 0.05) is 50.3 Å². The maximum Gasteiger partial charge on any atom is 0.253 e. The summed E-state index contributed by atoms with van der Waals surface area (Å²) in [5.74, 6) is -0.145. The van der Waals surface area contributed by atoms with Crippen molar-refractivity contribution in [1.29, 1.82) is 0 Å². The van der Waals surface area contributed by atoms with Gasteiger partial charge in [-0.2, -0.15) is 0 Å². The van der Waals surface area contributed by atoms with Crippen molar-refractivity contribution in [2.24, 2.45) is 0 Å². The predicted molar refractivity (Wildman–Crippen MR) is 120 cm³/mol. The molecule has 8 nitrogen and oxygen atoms in total. The summed E-state index contributed by atoms with van der Waals surface area (Å²) >= 11 is 1.62. The fourth-order valence-corrected chi connectivity index (χ4v) is 5.84. The molecule has 2 aliphatic rings. The summed E-state index contributed by atoms with van der Waals surface area (Å²) in [6.45, 7) is 5.66. The molecule has 0 aliphatic carbocycles. The minimum Gasteiger partial charge on any atom is -0.377 e. The summed E-state index contributed by atoms with van der Waals surface area (Å²) < 4.78 is 33.5. The summed E-state index contributed by atoms with van der Waals surface area (Å²) in [5, 5.41) is 3.01. The van der Waals surface area contributed by atoms with Crippen LogP contribution in [0.25, 0.3) is 0 Å². The highest BCUT2D eigenvalue weighted by Crippen LogP contribution is 2.22. The van der Waals surface area contributed by atoms with Crippen molar-refractivity contribution in [3.8, 4) is 0 Å². The van der Waals surface area contributed by atoms with Crippen LogP contribution in [0, 0.1) is 6.92 Å². The molecule has 0 bridgehead atoms. The first-order chi connectivity index (χ1) is 14.9. The van der Waals surface area contributed by atoms with E-state index in [1.54, 1.807) is 28.4 Å². The third kappa shape index (κ3) is 5.43. The molecule has 168 valence electrons. The first kappa shape index (κ1) is 22.2. The summed E-state index contributed by atoms with van der Waals surface area (Å²) in [6.07, 6.45) is 2.56. The van der Waals surface area contributed by atoms with Crippen LogP contribution in [0.15, 0.2) is 34.5 Å². The quantitative estimate of drug-likeness (QED) is 0.705. The highest BCUT2D eigenvalue weighted by atomic mass is 32.2. The molecule has 4 rings (SSSR count). The number of nitrogens with zero attached hydrogens (tertiary/aromatic N) is 3. The lowest BCUT2D eigenvalue weighted by Gasteiger charge is -2.22. The van der Waals surface area contributed by atoms with Gasteiger partial charge in [-0.3, -0.25) is 4.79 Å². The number of sulfonamides is 1. The van der Waals surface area contributed by atoms with Crippen molar-refractivity contribution in [1.82, 2.24) is 14.6 Å². The number of thiazole rings is 1. The molecule has 2 fully saturated rings. The van der Waals surface area contributed by atoms with Crippen molar-refractivity contribution < 1.29 is 17.9 Å². The second-order valence-electron chi connectivity index (χ2n) is 7.92. The summed E-state index contributed by atoms with van der Waals surface area (Å²) in [5.41, 5.74) is 1.39. The summed E-state index contributed by atoms with van der Waals surface area (Å²) in [4.78, 5) is 21.8. The van der Waals surface area contributed by atoms with Crippen LogP contribution in [0.4, 0.5) is 5.13 Å². The number of hydrogen-bond acceptors (Lipinski definition) is 7. The van der Waals surface area contributed by atoms with E-state index in [1.807, 2.05) is 12.3 Å². The van der Waals surface area contributed by atoms with Gasteiger partial charge in [0.25, 0.3) is 5.91 Å². The SMILES string of the molecule is Cc1csc(N2CCCN(C(=O)c3cccc(S(=O)(=O)NCC4CCCO4)c3)CC2)n1. The zero-order valence-electron chi connectivity index (χ0n) is 17.6. The maximum absolute atomic E-state index is 13.1. The number of aryl methyl sites for hydroxylation is 1. The lowest BCUT2D eigenvalue weighted by Crippen LogP contribution is -2.35. The van der Waals surface area contributed by atoms with Gasteiger partial charge in [-0.05, 0) is 44.4 Å². The van der Waals surface area contributed by atoms with Gasteiger partial charge in [-0.15, -0.1) is 11.3 Å². The van der Waals surface area contributed by atoms with Crippen molar-refractivity contribution in [3.63, 3.8) is 0 Å². The lowest BCUT2D eigenvalue weighted by atomic mass is 10.2. The molecule has 0 saturated carbocycles. The Morgan fingerprint density at radius 3 is 2.87 bits per heavy atom. The first-order valence-electron chi connectivity index (χ1n) is 10.6. The Labute approximate surface area is 187 Å². The Morgan fingerprint density at radius 1 is 1.26 bits per heavy atom. The number of nitrogens with one attached hydrogen (secondary N) is 1. The van der Waals surface area contributed by atoms with E-state index in [0.29, 0.717) is 31.8 Å². The average molecular weight is 465 g/mol. The zero-order chi connectivity index (χ0) is 21.8. The summed E-state index contributed by atoms with van der Waals surface area (Å²) in [7, 11) is -3.70. The Kier molecular flexibility index (Phi) is 6.90. The number of rotatable bonds is 6. The van der Waals surface area contributed by atoms with Gasteiger partial charge in [0.1, 0.15) is 0 Å². The van der Waals surface area contributed by atoms with Crippen LogP contribution in [0.5, 0.6) is 0 Å². The standard InChI is InChI=1S/C21H28N4O4S2/c1-16-15-30-21(23-16)25-9-4-8-24(10-11-25)20(26)17-5-2-7-19(13-17)31(27,28)22-14-18-6-3-12-29-18/h2,5,7,13,15,18,22H,3-4,6,8-12,14H2,1H3. The Bertz CT molecular complexity index is 1020. The van der Waals surface area contributed by atoms with Crippen molar-refractivity contribution >= 4 is 32.4 Å². The van der Waals surface area contributed by atoms with Crippen LogP contribution >= 0.6 is 11.3 Å². The number of carbonyl (C=O) groups excluding carboxylic acids is 1. The van der Waals surface area contributed by atoms with E-state index in [2.05, 4.69) is 14.6 Å². The molecule has 10 heteroatoms. The van der Waals surface area contributed by atoms with Gasteiger partial charge in [0.05, 0.1) is 16.7 Å². The van der Waals surface area contributed by atoms with Gasteiger partial charge < -0.3 is 14.5 Å². The Morgan fingerprint density at radius 2 is 2.13 bits per heavy atom. The second kappa shape index (κ2) is 9.64. The van der Waals surface area contributed by atoms with Crippen LogP contribution in [-0.4, -0.2) is 69.6 Å². The molecule has 2 saturated heterocycles. The monoisotopic (exact) mass is 464 g/mol. The van der Waals surface area contributed by atoms with Gasteiger partial charge in [0.15, 0.2) is 5.13 Å². The number of anilines is 1. The molecule has 1 atom stereocenters. The van der Waals surface area contributed by atoms with Gasteiger partial charge in [-0.25, -0.2) is 18.1 Å². The molecule has 2 aliphatic heterocycles.